The van der Waals surface area contributed by atoms with E-state index in [1.54, 1.807) is 12.1 Å². The number of nitrogens with zero attached hydrogens (tertiary/aromatic N) is 1. The summed E-state index contributed by atoms with van der Waals surface area (Å²) in [5.74, 6) is -0.602. The summed E-state index contributed by atoms with van der Waals surface area (Å²) in [7, 11) is 0. The van der Waals surface area contributed by atoms with Crippen molar-refractivity contribution in [1.82, 2.24) is 4.57 Å². The first kappa shape index (κ1) is 11.6. The van der Waals surface area contributed by atoms with Crippen molar-refractivity contribution in [3.05, 3.63) is 34.3 Å². The number of oxazole rings is 1. The van der Waals surface area contributed by atoms with E-state index in [-0.39, 0.29) is 11.8 Å². The Bertz CT molecular complexity index is 619. The van der Waals surface area contributed by atoms with E-state index in [0.29, 0.717) is 17.5 Å². The van der Waals surface area contributed by atoms with Crippen molar-refractivity contribution in [3.8, 4) is 0 Å². The first-order valence-corrected chi connectivity index (χ1v) is 5.64. The Morgan fingerprint density at radius 2 is 2.12 bits per heavy atom. The summed E-state index contributed by atoms with van der Waals surface area (Å²) in [5, 5.41) is 0. The second-order valence-corrected chi connectivity index (χ2v) is 4.67. The van der Waals surface area contributed by atoms with Crippen LogP contribution in [0.1, 0.15) is 30.6 Å². The summed E-state index contributed by atoms with van der Waals surface area (Å²) in [5.41, 5.74) is 2.00. The number of carbonyl (C=O) groups excluding carboxylic acids is 1. The van der Waals surface area contributed by atoms with Gasteiger partial charge >= 0.3 is 5.76 Å². The number of aromatic nitrogens is 1. The van der Waals surface area contributed by atoms with Crippen molar-refractivity contribution in [2.45, 2.75) is 27.2 Å². The van der Waals surface area contributed by atoms with Gasteiger partial charge in [0.25, 0.3) is 0 Å². The molecule has 0 aliphatic heterocycles. The van der Waals surface area contributed by atoms with Crippen molar-refractivity contribution >= 4 is 17.0 Å². The molecule has 0 spiro atoms. The average molecular weight is 233 g/mol. The minimum absolute atomic E-state index is 0.212. The van der Waals surface area contributed by atoms with Gasteiger partial charge in [-0.05, 0) is 30.5 Å². The Balaban J connectivity index is 2.60. The molecule has 0 bridgehead atoms. The molecule has 4 nitrogen and oxygen atoms in total. The fourth-order valence-corrected chi connectivity index (χ4v) is 1.80. The molecule has 0 saturated carbocycles. The first-order chi connectivity index (χ1) is 7.99. The molecule has 2 rings (SSSR count). The van der Waals surface area contributed by atoms with Crippen molar-refractivity contribution in [2.75, 3.05) is 0 Å². The van der Waals surface area contributed by atoms with E-state index in [0.717, 1.165) is 10.1 Å². The maximum Gasteiger partial charge on any atom is 0.426 e. The Hall–Kier alpha value is -1.84. The number of carbonyl (C=O) groups is 1. The van der Waals surface area contributed by atoms with E-state index in [4.69, 9.17) is 4.42 Å². The van der Waals surface area contributed by atoms with Crippen LogP contribution in [0.25, 0.3) is 11.1 Å². The van der Waals surface area contributed by atoms with Crippen LogP contribution in [0, 0.1) is 12.8 Å². The van der Waals surface area contributed by atoms with E-state index < -0.39 is 5.76 Å². The fraction of sp³-hybridized carbons (Fsp3) is 0.385. The predicted octanol–water partition coefficient (Wildman–Crippen LogP) is 2.59. The lowest BCUT2D eigenvalue weighted by Gasteiger charge is -2.03. The van der Waals surface area contributed by atoms with Crippen molar-refractivity contribution in [1.29, 1.82) is 0 Å². The highest BCUT2D eigenvalue weighted by Crippen LogP contribution is 2.15. The molecule has 0 amide bonds. The van der Waals surface area contributed by atoms with Gasteiger partial charge in [-0.25, -0.2) is 9.36 Å². The molecule has 0 radical (unpaired) electrons. The van der Waals surface area contributed by atoms with Gasteiger partial charge in [0.2, 0.25) is 5.91 Å². The molecule has 90 valence electrons. The second-order valence-electron chi connectivity index (χ2n) is 4.67. The molecule has 0 unspecified atom stereocenters. The van der Waals surface area contributed by atoms with Crippen molar-refractivity contribution in [2.24, 2.45) is 5.92 Å². The van der Waals surface area contributed by atoms with Gasteiger partial charge in [0.15, 0.2) is 5.58 Å². The fourth-order valence-electron chi connectivity index (χ4n) is 1.80. The van der Waals surface area contributed by atoms with Crippen LogP contribution in [0.3, 0.4) is 0 Å². The molecule has 0 aliphatic rings. The number of fused-ring (bicyclic) bond motifs is 1. The maximum atomic E-state index is 12.0. The Morgan fingerprint density at radius 1 is 1.41 bits per heavy atom. The van der Waals surface area contributed by atoms with E-state index in [1.165, 1.54) is 0 Å². The molecular formula is C13H15NO3. The standard InChI is InChI=1S/C13H15NO3/c1-8(2)6-12(15)14-10-7-9(3)4-5-11(10)17-13(14)16/h4-5,7-8H,6H2,1-3H3. The van der Waals surface area contributed by atoms with Gasteiger partial charge in [-0.3, -0.25) is 4.79 Å². The predicted molar refractivity (Wildman–Crippen MR) is 65.3 cm³/mol. The lowest BCUT2D eigenvalue weighted by Crippen LogP contribution is -2.23. The summed E-state index contributed by atoms with van der Waals surface area (Å²) >= 11 is 0. The highest BCUT2D eigenvalue weighted by Gasteiger charge is 2.16. The zero-order valence-corrected chi connectivity index (χ0v) is 10.2. The summed E-state index contributed by atoms with van der Waals surface area (Å²) in [6.07, 6.45) is 0.336. The molecule has 1 heterocycles. The largest absolute Gasteiger partial charge is 0.426 e. The Labute approximate surface area is 98.8 Å². The number of benzene rings is 1. The van der Waals surface area contributed by atoms with Crippen LogP contribution in [-0.2, 0) is 0 Å². The minimum Gasteiger partial charge on any atom is -0.407 e. The second kappa shape index (κ2) is 4.20. The van der Waals surface area contributed by atoms with E-state index in [9.17, 15) is 9.59 Å². The third-order valence-electron chi connectivity index (χ3n) is 2.57. The molecule has 2 aromatic rings. The van der Waals surface area contributed by atoms with Crippen molar-refractivity contribution < 1.29 is 9.21 Å². The van der Waals surface area contributed by atoms with Gasteiger partial charge in [-0.2, -0.15) is 0 Å². The quantitative estimate of drug-likeness (QED) is 0.801. The van der Waals surface area contributed by atoms with Crippen LogP contribution < -0.4 is 5.76 Å². The number of aryl methyl sites for hydroxylation is 1. The summed E-state index contributed by atoms with van der Waals surface area (Å²) in [6, 6.07) is 5.35. The molecule has 0 N–H and O–H groups in total. The zero-order chi connectivity index (χ0) is 12.6. The number of hydrogen-bond acceptors (Lipinski definition) is 3. The monoisotopic (exact) mass is 233 g/mol. The summed E-state index contributed by atoms with van der Waals surface area (Å²) < 4.78 is 6.17. The van der Waals surface area contributed by atoms with Gasteiger partial charge < -0.3 is 4.42 Å². The Morgan fingerprint density at radius 3 is 2.76 bits per heavy atom. The summed E-state index contributed by atoms with van der Waals surface area (Å²) in [4.78, 5) is 23.6. The van der Waals surface area contributed by atoms with Crippen LogP contribution in [0.2, 0.25) is 0 Å². The van der Waals surface area contributed by atoms with Gasteiger partial charge in [-0.1, -0.05) is 19.9 Å². The maximum absolute atomic E-state index is 12.0. The van der Waals surface area contributed by atoms with Crippen molar-refractivity contribution in [3.63, 3.8) is 0 Å². The van der Waals surface area contributed by atoms with Gasteiger partial charge in [0.05, 0.1) is 5.52 Å². The highest BCUT2D eigenvalue weighted by molar-refractivity contribution is 5.89. The zero-order valence-electron chi connectivity index (χ0n) is 10.2. The molecule has 0 saturated heterocycles. The third-order valence-corrected chi connectivity index (χ3v) is 2.57. The molecule has 4 heteroatoms. The number of hydrogen-bond donors (Lipinski definition) is 0. The van der Waals surface area contributed by atoms with Gasteiger partial charge in [0.1, 0.15) is 0 Å². The van der Waals surface area contributed by atoms with Gasteiger partial charge in [0, 0.05) is 6.42 Å². The molecule has 1 aromatic carbocycles. The normalized spacial score (nSPS) is 11.3. The molecule has 0 atom stereocenters. The molecule has 1 aromatic heterocycles. The van der Waals surface area contributed by atoms with Crippen LogP contribution >= 0.6 is 0 Å². The topological polar surface area (TPSA) is 52.2 Å². The molecular weight excluding hydrogens is 218 g/mol. The van der Waals surface area contributed by atoms with Crippen LogP contribution in [0.4, 0.5) is 0 Å². The lowest BCUT2D eigenvalue weighted by molar-refractivity contribution is 0.0883. The minimum atomic E-state index is -0.601. The van der Waals surface area contributed by atoms with Crippen LogP contribution in [0.5, 0.6) is 0 Å². The average Bonchev–Trinajstić information content (AvgIpc) is 2.52. The smallest absolute Gasteiger partial charge is 0.407 e. The SMILES string of the molecule is Cc1ccc2oc(=O)n(C(=O)CC(C)C)c2c1. The lowest BCUT2D eigenvalue weighted by atomic mass is 10.1. The summed E-state index contributed by atoms with van der Waals surface area (Å²) in [6.45, 7) is 5.79. The van der Waals surface area contributed by atoms with Crippen LogP contribution in [0.15, 0.2) is 27.4 Å². The first-order valence-electron chi connectivity index (χ1n) is 5.64. The molecule has 17 heavy (non-hydrogen) atoms. The molecule has 0 fully saturated rings. The molecule has 0 aliphatic carbocycles. The Kier molecular flexibility index (Phi) is 2.88. The van der Waals surface area contributed by atoms with E-state index >= 15 is 0 Å². The van der Waals surface area contributed by atoms with E-state index in [1.807, 2.05) is 26.8 Å². The third kappa shape index (κ3) is 2.16. The highest BCUT2D eigenvalue weighted by atomic mass is 16.4. The van der Waals surface area contributed by atoms with E-state index in [2.05, 4.69) is 0 Å². The van der Waals surface area contributed by atoms with Crippen LogP contribution in [-0.4, -0.2) is 10.5 Å². The number of rotatable bonds is 2. The van der Waals surface area contributed by atoms with Gasteiger partial charge in [-0.15, -0.1) is 0 Å².